The zero-order valence-electron chi connectivity index (χ0n) is 18.1. The number of hydrogen-bond acceptors (Lipinski definition) is 6. The number of aromatic nitrogens is 3. The second-order valence-electron chi connectivity index (χ2n) is 7.19. The molecule has 0 radical (unpaired) electrons. The number of rotatable bonds is 7. The van der Waals surface area contributed by atoms with Crippen molar-refractivity contribution in [1.82, 2.24) is 14.1 Å². The highest BCUT2D eigenvalue weighted by Gasteiger charge is 2.17. The SMILES string of the molecule is CN=CN=C(N)Cn1c(=O)nc(Nc2ccc(C)cc2O)n(Cc2cc(F)c(F)c(Cl)c2)c1=O. The first-order valence-corrected chi connectivity index (χ1v) is 10.1. The molecule has 13 heteroatoms. The van der Waals surface area contributed by atoms with Crippen LogP contribution in [0.15, 0.2) is 49.9 Å². The molecule has 0 bridgehead atoms. The van der Waals surface area contributed by atoms with Crippen LogP contribution >= 0.6 is 11.6 Å². The molecule has 0 aliphatic heterocycles. The molecule has 34 heavy (non-hydrogen) atoms. The Bertz CT molecular complexity index is 1390. The maximum Gasteiger partial charge on any atom is 0.355 e. The molecule has 3 aromatic rings. The van der Waals surface area contributed by atoms with Crippen LogP contribution in [0.3, 0.4) is 0 Å². The first kappa shape index (κ1) is 24.6. The normalized spacial score (nSPS) is 11.9. The van der Waals surface area contributed by atoms with Gasteiger partial charge in [0.2, 0.25) is 5.95 Å². The van der Waals surface area contributed by atoms with Gasteiger partial charge in [-0.1, -0.05) is 17.7 Å². The first-order chi connectivity index (χ1) is 16.1. The summed E-state index contributed by atoms with van der Waals surface area (Å²) >= 11 is 5.74. The number of anilines is 2. The van der Waals surface area contributed by atoms with Crippen LogP contribution in [0.1, 0.15) is 11.1 Å². The number of halogens is 3. The lowest BCUT2D eigenvalue weighted by Crippen LogP contribution is -2.45. The summed E-state index contributed by atoms with van der Waals surface area (Å²) < 4.78 is 29.2. The Hall–Kier alpha value is -4.06. The maximum atomic E-state index is 13.9. The van der Waals surface area contributed by atoms with Gasteiger partial charge < -0.3 is 16.2 Å². The minimum atomic E-state index is -1.23. The molecule has 10 nitrogen and oxygen atoms in total. The highest BCUT2D eigenvalue weighted by atomic mass is 35.5. The molecular weight excluding hydrogens is 472 g/mol. The van der Waals surface area contributed by atoms with E-state index in [0.717, 1.165) is 28.6 Å². The predicted octanol–water partition coefficient (Wildman–Crippen LogP) is 2.16. The van der Waals surface area contributed by atoms with E-state index < -0.39 is 34.6 Å². The van der Waals surface area contributed by atoms with Crippen LogP contribution in [-0.4, -0.2) is 38.4 Å². The Morgan fingerprint density at radius 1 is 1.26 bits per heavy atom. The van der Waals surface area contributed by atoms with E-state index in [1.54, 1.807) is 13.0 Å². The number of hydrogen-bond donors (Lipinski definition) is 3. The number of aromatic hydroxyl groups is 1. The predicted molar refractivity (Wildman–Crippen MR) is 125 cm³/mol. The van der Waals surface area contributed by atoms with Crippen LogP contribution in [0.5, 0.6) is 5.75 Å². The topological polar surface area (TPSA) is 140 Å². The van der Waals surface area contributed by atoms with Crippen LogP contribution in [-0.2, 0) is 13.1 Å². The van der Waals surface area contributed by atoms with Gasteiger partial charge in [0, 0.05) is 7.05 Å². The number of benzene rings is 2. The summed E-state index contributed by atoms with van der Waals surface area (Å²) in [6, 6.07) is 6.68. The fourth-order valence-electron chi connectivity index (χ4n) is 2.99. The van der Waals surface area contributed by atoms with Gasteiger partial charge >= 0.3 is 11.4 Å². The summed E-state index contributed by atoms with van der Waals surface area (Å²) in [4.78, 5) is 37.2. The number of aryl methyl sites for hydroxylation is 1. The molecule has 0 fully saturated rings. The van der Waals surface area contributed by atoms with E-state index in [0.29, 0.717) is 4.57 Å². The van der Waals surface area contributed by atoms with Crippen molar-refractivity contribution >= 4 is 35.4 Å². The van der Waals surface area contributed by atoms with Crippen molar-refractivity contribution in [1.29, 1.82) is 0 Å². The molecule has 2 aromatic carbocycles. The highest BCUT2D eigenvalue weighted by Crippen LogP contribution is 2.27. The first-order valence-electron chi connectivity index (χ1n) is 9.75. The molecule has 0 unspecified atom stereocenters. The highest BCUT2D eigenvalue weighted by molar-refractivity contribution is 6.30. The van der Waals surface area contributed by atoms with Gasteiger partial charge in [0.1, 0.15) is 17.9 Å². The Morgan fingerprint density at radius 2 is 2.00 bits per heavy atom. The molecule has 0 aliphatic carbocycles. The van der Waals surface area contributed by atoms with E-state index in [4.69, 9.17) is 17.3 Å². The average Bonchev–Trinajstić information content (AvgIpc) is 2.77. The summed E-state index contributed by atoms with van der Waals surface area (Å²) in [5.41, 5.74) is 4.97. The average molecular weight is 492 g/mol. The van der Waals surface area contributed by atoms with Gasteiger partial charge in [-0.15, -0.1) is 0 Å². The number of phenols is 1. The van der Waals surface area contributed by atoms with Gasteiger partial charge in [0.25, 0.3) is 0 Å². The summed E-state index contributed by atoms with van der Waals surface area (Å²) in [5.74, 6) is -2.94. The summed E-state index contributed by atoms with van der Waals surface area (Å²) in [6.07, 6.45) is 1.14. The van der Waals surface area contributed by atoms with E-state index in [1.165, 1.54) is 19.2 Å². The second kappa shape index (κ2) is 10.3. The number of nitrogens with two attached hydrogens (primary N) is 1. The van der Waals surface area contributed by atoms with Crippen molar-refractivity contribution < 1.29 is 13.9 Å². The molecular formula is C21H20ClF2N7O3. The van der Waals surface area contributed by atoms with Gasteiger partial charge in [-0.3, -0.25) is 9.56 Å². The molecule has 0 saturated carbocycles. The molecule has 0 spiro atoms. The van der Waals surface area contributed by atoms with E-state index in [-0.39, 0.29) is 35.3 Å². The molecule has 1 heterocycles. The molecule has 0 aliphatic rings. The summed E-state index contributed by atoms with van der Waals surface area (Å²) in [6.45, 7) is 1.03. The van der Waals surface area contributed by atoms with Crippen LogP contribution in [0, 0.1) is 18.6 Å². The van der Waals surface area contributed by atoms with E-state index in [1.807, 2.05) is 0 Å². The van der Waals surface area contributed by atoms with E-state index >= 15 is 0 Å². The van der Waals surface area contributed by atoms with Crippen LogP contribution in [0.2, 0.25) is 5.02 Å². The summed E-state index contributed by atoms with van der Waals surface area (Å²) in [5, 5.41) is 12.5. The monoisotopic (exact) mass is 491 g/mol. The minimum absolute atomic E-state index is 0.0918. The third kappa shape index (κ3) is 5.46. The lowest BCUT2D eigenvalue weighted by Gasteiger charge is -2.16. The molecule has 0 saturated heterocycles. The largest absolute Gasteiger partial charge is 0.506 e. The molecule has 1 aromatic heterocycles. The third-order valence-corrected chi connectivity index (χ3v) is 4.87. The van der Waals surface area contributed by atoms with Gasteiger partial charge in [-0.2, -0.15) is 4.98 Å². The van der Waals surface area contributed by atoms with Crippen LogP contribution < -0.4 is 22.4 Å². The molecule has 0 amide bonds. The Morgan fingerprint density at radius 3 is 2.65 bits per heavy atom. The number of aliphatic imine (C=N–C) groups is 2. The van der Waals surface area contributed by atoms with Gasteiger partial charge in [-0.05, 0) is 42.3 Å². The number of amidine groups is 1. The van der Waals surface area contributed by atoms with Crippen molar-refractivity contribution in [2.75, 3.05) is 12.4 Å². The zero-order valence-corrected chi connectivity index (χ0v) is 18.8. The van der Waals surface area contributed by atoms with Crippen molar-refractivity contribution in [3.05, 3.63) is 79.1 Å². The van der Waals surface area contributed by atoms with Crippen molar-refractivity contribution in [2.45, 2.75) is 20.0 Å². The van der Waals surface area contributed by atoms with Crippen molar-refractivity contribution in [2.24, 2.45) is 15.7 Å². The Labute approximate surface area is 196 Å². The van der Waals surface area contributed by atoms with Crippen molar-refractivity contribution in [3.63, 3.8) is 0 Å². The van der Waals surface area contributed by atoms with Crippen LogP contribution in [0.4, 0.5) is 20.4 Å². The fourth-order valence-corrected chi connectivity index (χ4v) is 3.22. The molecule has 4 N–H and O–H groups in total. The lowest BCUT2D eigenvalue weighted by molar-refractivity contribution is 0.477. The number of nitrogens with one attached hydrogen (secondary N) is 1. The van der Waals surface area contributed by atoms with Crippen molar-refractivity contribution in [3.8, 4) is 5.75 Å². The minimum Gasteiger partial charge on any atom is -0.506 e. The number of nitrogens with zero attached hydrogens (tertiary/aromatic N) is 5. The third-order valence-electron chi connectivity index (χ3n) is 4.59. The van der Waals surface area contributed by atoms with E-state index in [9.17, 15) is 23.5 Å². The zero-order chi connectivity index (χ0) is 25.0. The summed E-state index contributed by atoms with van der Waals surface area (Å²) in [7, 11) is 1.46. The quantitative estimate of drug-likeness (QED) is 0.200. The lowest BCUT2D eigenvalue weighted by atomic mass is 10.2. The Kier molecular flexibility index (Phi) is 7.41. The maximum absolute atomic E-state index is 13.9. The number of phenolic OH excluding ortho intramolecular Hbond substituents is 1. The fraction of sp³-hybridized carbons (Fsp3) is 0.190. The molecule has 178 valence electrons. The molecule has 0 atom stereocenters. The second-order valence-corrected chi connectivity index (χ2v) is 7.59. The van der Waals surface area contributed by atoms with Gasteiger partial charge in [-0.25, -0.2) is 27.9 Å². The van der Waals surface area contributed by atoms with Gasteiger partial charge in [0.15, 0.2) is 11.6 Å². The standard InChI is InChI=1S/C21H20ClF2N7O3/c1-11-3-4-15(16(32)5-11)28-19-29-20(33)31(9-17(25)27-10-26-2)21(34)30(19)8-12-6-13(22)18(24)14(23)7-12/h3-7,10,32H,8-9H2,1-2H3,(H2,25,26,27)(H,28,29,33). The smallest absolute Gasteiger partial charge is 0.355 e. The van der Waals surface area contributed by atoms with Gasteiger partial charge in [0.05, 0.1) is 23.8 Å². The molecule has 3 rings (SSSR count). The van der Waals surface area contributed by atoms with E-state index in [2.05, 4.69) is 20.3 Å². The Balaban J connectivity index is 2.16. The van der Waals surface area contributed by atoms with Crippen LogP contribution in [0.25, 0.3) is 0 Å².